The zero-order chi connectivity index (χ0) is 16.1. The van der Waals surface area contributed by atoms with E-state index in [9.17, 15) is 5.11 Å². The number of rotatable bonds is 5. The number of piperazine rings is 1. The number of hydrogen-bond donors (Lipinski definition) is 1. The fourth-order valence-corrected chi connectivity index (χ4v) is 3.13. The maximum atomic E-state index is 10.3. The van der Waals surface area contributed by atoms with Crippen LogP contribution in [-0.2, 0) is 0 Å². The standard InChI is InChI=1S/C20H26N2O/c1-17-7-9-18(10-8-17)20(23)11-12-21-13-15-22(16-14-21)19-5-3-2-4-6-19/h2-10,20,23H,11-16H2,1H3. The lowest BCUT2D eigenvalue weighted by atomic mass is 10.0. The van der Waals surface area contributed by atoms with Crippen molar-refractivity contribution < 1.29 is 5.11 Å². The Labute approximate surface area is 139 Å². The number of aryl methyl sites for hydroxylation is 1. The van der Waals surface area contributed by atoms with E-state index in [1.165, 1.54) is 11.3 Å². The van der Waals surface area contributed by atoms with Gasteiger partial charge in [0.2, 0.25) is 0 Å². The van der Waals surface area contributed by atoms with E-state index in [1.807, 2.05) is 12.1 Å². The first-order valence-corrected chi connectivity index (χ1v) is 8.49. The van der Waals surface area contributed by atoms with Crippen LogP contribution in [0.3, 0.4) is 0 Å². The molecule has 1 N–H and O–H groups in total. The fraction of sp³-hybridized carbons (Fsp3) is 0.400. The van der Waals surface area contributed by atoms with Crippen molar-refractivity contribution in [2.75, 3.05) is 37.6 Å². The highest BCUT2D eigenvalue weighted by Crippen LogP contribution is 2.19. The Hall–Kier alpha value is -1.84. The average Bonchev–Trinajstić information content (AvgIpc) is 2.61. The third-order valence-corrected chi connectivity index (χ3v) is 4.67. The third-order valence-electron chi connectivity index (χ3n) is 4.67. The normalized spacial score (nSPS) is 17.2. The molecule has 2 aromatic rings. The largest absolute Gasteiger partial charge is 0.388 e. The van der Waals surface area contributed by atoms with Crippen LogP contribution < -0.4 is 4.90 Å². The molecule has 0 saturated carbocycles. The van der Waals surface area contributed by atoms with E-state index >= 15 is 0 Å². The van der Waals surface area contributed by atoms with E-state index in [2.05, 4.69) is 59.2 Å². The number of hydrogen-bond acceptors (Lipinski definition) is 3. The van der Waals surface area contributed by atoms with Crippen molar-refractivity contribution >= 4 is 5.69 Å². The van der Waals surface area contributed by atoms with Gasteiger partial charge in [-0.2, -0.15) is 0 Å². The molecule has 3 heteroatoms. The van der Waals surface area contributed by atoms with Gasteiger partial charge in [-0.25, -0.2) is 0 Å². The van der Waals surface area contributed by atoms with Crippen LogP contribution in [0.2, 0.25) is 0 Å². The molecule has 1 aliphatic rings. The summed E-state index contributed by atoms with van der Waals surface area (Å²) < 4.78 is 0. The highest BCUT2D eigenvalue weighted by molar-refractivity contribution is 5.46. The Morgan fingerprint density at radius 1 is 0.913 bits per heavy atom. The number of para-hydroxylation sites is 1. The summed E-state index contributed by atoms with van der Waals surface area (Å²) in [6.45, 7) is 7.28. The van der Waals surface area contributed by atoms with E-state index in [0.29, 0.717) is 0 Å². The van der Waals surface area contributed by atoms with Gasteiger partial charge in [-0.05, 0) is 31.0 Å². The molecule has 1 unspecified atom stereocenters. The second kappa shape index (κ2) is 7.62. The summed E-state index contributed by atoms with van der Waals surface area (Å²) in [7, 11) is 0. The van der Waals surface area contributed by atoms with E-state index in [-0.39, 0.29) is 6.10 Å². The summed E-state index contributed by atoms with van der Waals surface area (Å²) in [5.41, 5.74) is 3.57. The Balaban J connectivity index is 1.45. The van der Waals surface area contributed by atoms with Crippen LogP contribution in [0.15, 0.2) is 54.6 Å². The van der Waals surface area contributed by atoms with Crippen LogP contribution in [0.5, 0.6) is 0 Å². The monoisotopic (exact) mass is 310 g/mol. The van der Waals surface area contributed by atoms with E-state index in [1.54, 1.807) is 0 Å². The molecule has 122 valence electrons. The Morgan fingerprint density at radius 2 is 1.57 bits per heavy atom. The summed E-state index contributed by atoms with van der Waals surface area (Å²) in [4.78, 5) is 4.89. The van der Waals surface area contributed by atoms with Crippen LogP contribution in [-0.4, -0.2) is 42.7 Å². The van der Waals surface area contributed by atoms with Gasteiger partial charge in [-0.3, -0.25) is 4.90 Å². The highest BCUT2D eigenvalue weighted by Gasteiger charge is 2.18. The third kappa shape index (κ3) is 4.34. The van der Waals surface area contributed by atoms with Crippen molar-refractivity contribution in [1.82, 2.24) is 4.90 Å². The molecule has 1 fully saturated rings. The Bertz CT molecular complexity index is 589. The second-order valence-corrected chi connectivity index (χ2v) is 6.38. The minimum Gasteiger partial charge on any atom is -0.388 e. The van der Waals surface area contributed by atoms with E-state index in [0.717, 1.165) is 44.7 Å². The smallest absolute Gasteiger partial charge is 0.0802 e. The highest BCUT2D eigenvalue weighted by atomic mass is 16.3. The molecule has 1 heterocycles. The van der Waals surface area contributed by atoms with E-state index in [4.69, 9.17) is 0 Å². The molecule has 0 aromatic heterocycles. The molecule has 2 aromatic carbocycles. The zero-order valence-electron chi connectivity index (χ0n) is 13.9. The SMILES string of the molecule is Cc1ccc(C(O)CCN2CCN(c3ccccc3)CC2)cc1. The van der Waals surface area contributed by atoms with Crippen molar-refractivity contribution in [3.8, 4) is 0 Å². The van der Waals surface area contributed by atoms with Crippen LogP contribution in [0.25, 0.3) is 0 Å². The number of anilines is 1. The maximum absolute atomic E-state index is 10.3. The van der Waals surface area contributed by atoms with Gasteiger partial charge in [-0.1, -0.05) is 48.0 Å². The Morgan fingerprint density at radius 3 is 2.22 bits per heavy atom. The quantitative estimate of drug-likeness (QED) is 0.918. The minimum atomic E-state index is -0.359. The van der Waals surface area contributed by atoms with Crippen LogP contribution in [0.4, 0.5) is 5.69 Å². The number of aliphatic hydroxyl groups is 1. The molecule has 0 radical (unpaired) electrons. The molecule has 23 heavy (non-hydrogen) atoms. The molecular weight excluding hydrogens is 284 g/mol. The van der Waals surface area contributed by atoms with Gasteiger partial charge in [0.25, 0.3) is 0 Å². The van der Waals surface area contributed by atoms with Crippen molar-refractivity contribution in [1.29, 1.82) is 0 Å². The Kier molecular flexibility index (Phi) is 5.31. The molecule has 0 amide bonds. The lowest BCUT2D eigenvalue weighted by Gasteiger charge is -2.36. The number of nitrogens with zero attached hydrogens (tertiary/aromatic N) is 2. The lowest BCUT2D eigenvalue weighted by molar-refractivity contribution is 0.139. The van der Waals surface area contributed by atoms with Gasteiger partial charge < -0.3 is 10.0 Å². The molecule has 3 nitrogen and oxygen atoms in total. The fourth-order valence-electron chi connectivity index (χ4n) is 3.13. The molecule has 1 saturated heterocycles. The van der Waals surface area contributed by atoms with Crippen molar-refractivity contribution in [2.24, 2.45) is 0 Å². The van der Waals surface area contributed by atoms with Crippen LogP contribution in [0.1, 0.15) is 23.7 Å². The minimum absolute atomic E-state index is 0.359. The first kappa shape index (κ1) is 16.0. The molecule has 1 atom stereocenters. The summed E-state index contributed by atoms with van der Waals surface area (Å²) in [5.74, 6) is 0. The topological polar surface area (TPSA) is 26.7 Å². The molecule has 0 bridgehead atoms. The van der Waals surface area contributed by atoms with Gasteiger partial charge >= 0.3 is 0 Å². The maximum Gasteiger partial charge on any atom is 0.0802 e. The van der Waals surface area contributed by atoms with Crippen LogP contribution in [0, 0.1) is 6.92 Å². The average molecular weight is 310 g/mol. The zero-order valence-corrected chi connectivity index (χ0v) is 13.9. The molecule has 3 rings (SSSR count). The molecule has 0 aliphatic carbocycles. The van der Waals surface area contributed by atoms with Gasteiger partial charge in [0.1, 0.15) is 0 Å². The predicted molar refractivity (Wildman–Crippen MR) is 95.9 cm³/mol. The second-order valence-electron chi connectivity index (χ2n) is 6.38. The first-order valence-electron chi connectivity index (χ1n) is 8.49. The van der Waals surface area contributed by atoms with Gasteiger partial charge in [0, 0.05) is 38.4 Å². The summed E-state index contributed by atoms with van der Waals surface area (Å²) >= 11 is 0. The van der Waals surface area contributed by atoms with Crippen molar-refractivity contribution in [3.63, 3.8) is 0 Å². The summed E-state index contributed by atoms with van der Waals surface area (Å²) in [5, 5.41) is 10.3. The molecule has 0 spiro atoms. The number of aliphatic hydroxyl groups excluding tert-OH is 1. The molecule has 1 aliphatic heterocycles. The number of benzene rings is 2. The van der Waals surface area contributed by atoms with E-state index < -0.39 is 0 Å². The summed E-state index contributed by atoms with van der Waals surface area (Å²) in [6, 6.07) is 18.8. The van der Waals surface area contributed by atoms with Gasteiger partial charge in [0.05, 0.1) is 6.10 Å². The summed E-state index contributed by atoms with van der Waals surface area (Å²) in [6.07, 6.45) is 0.441. The van der Waals surface area contributed by atoms with Gasteiger partial charge in [0.15, 0.2) is 0 Å². The first-order chi connectivity index (χ1) is 11.2. The predicted octanol–water partition coefficient (Wildman–Crippen LogP) is 3.24. The van der Waals surface area contributed by atoms with Gasteiger partial charge in [-0.15, -0.1) is 0 Å². The van der Waals surface area contributed by atoms with Crippen molar-refractivity contribution in [3.05, 3.63) is 65.7 Å². The molecular formula is C20H26N2O. The van der Waals surface area contributed by atoms with Crippen LogP contribution >= 0.6 is 0 Å². The lowest BCUT2D eigenvalue weighted by Crippen LogP contribution is -2.46. The van der Waals surface area contributed by atoms with Crippen molar-refractivity contribution in [2.45, 2.75) is 19.4 Å².